The lowest BCUT2D eigenvalue weighted by atomic mass is 10.2. The second-order valence-electron chi connectivity index (χ2n) is 3.82. The van der Waals surface area contributed by atoms with Crippen molar-refractivity contribution >= 4 is 49.1 Å². The lowest BCUT2D eigenvalue weighted by Crippen LogP contribution is -2.22. The normalized spacial score (nSPS) is 10.4. The van der Waals surface area contributed by atoms with E-state index in [1.807, 2.05) is 18.2 Å². The molecule has 0 spiro atoms. The van der Waals surface area contributed by atoms with E-state index in [0.717, 1.165) is 13.8 Å². The molecular weight excluding hydrogens is 378 g/mol. The number of amides is 1. The summed E-state index contributed by atoms with van der Waals surface area (Å²) in [5.41, 5.74) is 0.645. The Morgan fingerprint density at radius 3 is 2.67 bits per heavy atom. The maximum Gasteiger partial charge on any atom is 0.252 e. The number of aryl methyl sites for hydroxylation is 1. The maximum absolute atomic E-state index is 12.0. The van der Waals surface area contributed by atoms with Crippen molar-refractivity contribution in [1.29, 1.82) is 0 Å². The molecule has 2 nitrogen and oxygen atoms in total. The Morgan fingerprint density at radius 2 is 2.06 bits per heavy atom. The molecule has 2 aromatic rings. The van der Waals surface area contributed by atoms with Gasteiger partial charge in [0.25, 0.3) is 5.91 Å². The fraction of sp³-hybridized carbons (Fsp3) is 0.154. The van der Waals surface area contributed by atoms with Gasteiger partial charge >= 0.3 is 0 Å². The van der Waals surface area contributed by atoms with Crippen molar-refractivity contribution in [2.24, 2.45) is 0 Å². The first-order valence-electron chi connectivity index (χ1n) is 5.35. The third-order valence-electron chi connectivity index (χ3n) is 2.39. The summed E-state index contributed by atoms with van der Waals surface area (Å²) >= 11 is 8.45. The largest absolute Gasteiger partial charge is 0.347 e. The lowest BCUT2D eigenvalue weighted by Gasteiger charge is -2.06. The van der Waals surface area contributed by atoms with Crippen molar-refractivity contribution in [1.82, 2.24) is 5.32 Å². The van der Waals surface area contributed by atoms with Crippen molar-refractivity contribution in [2.75, 3.05) is 0 Å². The van der Waals surface area contributed by atoms with E-state index in [4.69, 9.17) is 0 Å². The van der Waals surface area contributed by atoms with Crippen LogP contribution in [0.5, 0.6) is 0 Å². The topological polar surface area (TPSA) is 29.1 Å². The molecule has 18 heavy (non-hydrogen) atoms. The number of hydrogen-bond acceptors (Lipinski definition) is 2. The highest BCUT2D eigenvalue weighted by atomic mass is 79.9. The van der Waals surface area contributed by atoms with E-state index >= 15 is 0 Å². The molecule has 1 aromatic heterocycles. The molecule has 94 valence electrons. The second-order valence-corrected chi connectivity index (χ2v) is 6.96. The van der Waals surface area contributed by atoms with Crippen LogP contribution in [0.2, 0.25) is 0 Å². The number of halogens is 2. The molecule has 0 unspecified atom stereocenters. The van der Waals surface area contributed by atoms with E-state index in [9.17, 15) is 4.79 Å². The van der Waals surface area contributed by atoms with E-state index in [0.29, 0.717) is 12.1 Å². The average Bonchev–Trinajstić information content (AvgIpc) is 2.72. The Morgan fingerprint density at radius 1 is 1.28 bits per heavy atom. The molecule has 0 fully saturated rings. The summed E-state index contributed by atoms with van der Waals surface area (Å²) < 4.78 is 1.73. The van der Waals surface area contributed by atoms with E-state index in [1.165, 1.54) is 4.88 Å². The quantitative estimate of drug-likeness (QED) is 0.823. The summed E-state index contributed by atoms with van der Waals surface area (Å²) in [5.74, 6) is -0.0690. The molecule has 1 N–H and O–H groups in total. The van der Waals surface area contributed by atoms with Crippen molar-refractivity contribution in [3.05, 3.63) is 54.6 Å². The van der Waals surface area contributed by atoms with E-state index in [2.05, 4.69) is 50.2 Å². The molecule has 1 heterocycles. The third kappa shape index (κ3) is 3.43. The number of carbonyl (C=O) groups excluding carboxylic acids is 1. The molecule has 0 bridgehead atoms. The maximum atomic E-state index is 12.0. The number of nitrogens with one attached hydrogen (secondary N) is 1. The minimum Gasteiger partial charge on any atom is -0.347 e. The summed E-state index contributed by atoms with van der Waals surface area (Å²) in [6, 6.07) is 9.61. The molecule has 0 atom stereocenters. The minimum atomic E-state index is -0.0690. The smallest absolute Gasteiger partial charge is 0.252 e. The van der Waals surface area contributed by atoms with Gasteiger partial charge in [0.1, 0.15) is 0 Å². The van der Waals surface area contributed by atoms with Gasteiger partial charge in [-0.05, 0) is 53.2 Å². The highest BCUT2D eigenvalue weighted by molar-refractivity contribution is 9.11. The van der Waals surface area contributed by atoms with Gasteiger partial charge < -0.3 is 5.32 Å². The van der Waals surface area contributed by atoms with Gasteiger partial charge in [-0.2, -0.15) is 0 Å². The molecule has 0 saturated carbocycles. The van der Waals surface area contributed by atoms with Gasteiger partial charge in [-0.15, -0.1) is 11.3 Å². The van der Waals surface area contributed by atoms with Crippen LogP contribution in [0.15, 0.2) is 39.3 Å². The van der Waals surface area contributed by atoms with Crippen LogP contribution in [-0.4, -0.2) is 5.91 Å². The number of rotatable bonds is 3. The SMILES string of the molecule is Cc1ccc(CNC(=O)c2ccc(Br)cc2Br)s1. The number of hydrogen-bond donors (Lipinski definition) is 1. The van der Waals surface area contributed by atoms with Crippen LogP contribution in [0.25, 0.3) is 0 Å². The molecular formula is C13H11Br2NOS. The summed E-state index contributed by atoms with van der Waals surface area (Å²) in [4.78, 5) is 14.4. The lowest BCUT2D eigenvalue weighted by molar-refractivity contribution is 0.0950. The Bertz CT molecular complexity index is 580. The molecule has 0 saturated heterocycles. The monoisotopic (exact) mass is 387 g/mol. The van der Waals surface area contributed by atoms with Crippen molar-refractivity contribution in [3.8, 4) is 0 Å². The van der Waals surface area contributed by atoms with Crippen LogP contribution in [0.3, 0.4) is 0 Å². The van der Waals surface area contributed by atoms with E-state index in [-0.39, 0.29) is 5.91 Å². The van der Waals surface area contributed by atoms with Gasteiger partial charge in [-0.25, -0.2) is 0 Å². The first-order valence-corrected chi connectivity index (χ1v) is 7.75. The molecule has 0 aliphatic heterocycles. The second kappa shape index (κ2) is 5.99. The molecule has 1 aromatic carbocycles. The zero-order valence-corrected chi connectivity index (χ0v) is 13.7. The fourth-order valence-corrected chi connectivity index (χ4v) is 3.57. The number of benzene rings is 1. The Labute approximate surface area is 127 Å². The van der Waals surface area contributed by atoms with Gasteiger partial charge in [0.2, 0.25) is 0 Å². The van der Waals surface area contributed by atoms with Crippen LogP contribution in [0, 0.1) is 6.92 Å². The third-order valence-corrected chi connectivity index (χ3v) is 4.54. The van der Waals surface area contributed by atoms with Gasteiger partial charge in [0.05, 0.1) is 12.1 Å². The zero-order valence-electron chi connectivity index (χ0n) is 9.67. The standard InChI is InChI=1S/C13H11Br2NOS/c1-8-2-4-10(18-8)7-16-13(17)11-5-3-9(14)6-12(11)15/h2-6H,7H2,1H3,(H,16,17). The van der Waals surface area contributed by atoms with Crippen LogP contribution < -0.4 is 5.32 Å². The van der Waals surface area contributed by atoms with Crippen LogP contribution >= 0.6 is 43.2 Å². The van der Waals surface area contributed by atoms with Crippen LogP contribution in [0.4, 0.5) is 0 Å². The molecule has 5 heteroatoms. The summed E-state index contributed by atoms with van der Waals surface area (Å²) in [6.07, 6.45) is 0. The van der Waals surface area contributed by atoms with E-state index in [1.54, 1.807) is 17.4 Å². The van der Waals surface area contributed by atoms with Gasteiger partial charge in [-0.3, -0.25) is 4.79 Å². The highest BCUT2D eigenvalue weighted by Crippen LogP contribution is 2.22. The van der Waals surface area contributed by atoms with Crippen molar-refractivity contribution in [3.63, 3.8) is 0 Å². The Kier molecular flexibility index (Phi) is 4.59. The van der Waals surface area contributed by atoms with E-state index < -0.39 is 0 Å². The van der Waals surface area contributed by atoms with Crippen molar-refractivity contribution in [2.45, 2.75) is 13.5 Å². The predicted octanol–water partition coefficient (Wildman–Crippen LogP) is 4.51. The molecule has 0 aliphatic rings. The summed E-state index contributed by atoms with van der Waals surface area (Å²) in [5, 5.41) is 2.92. The van der Waals surface area contributed by atoms with Crippen LogP contribution in [-0.2, 0) is 6.54 Å². The van der Waals surface area contributed by atoms with Crippen molar-refractivity contribution < 1.29 is 4.79 Å². The summed E-state index contributed by atoms with van der Waals surface area (Å²) in [7, 11) is 0. The molecule has 0 aliphatic carbocycles. The number of thiophene rings is 1. The highest BCUT2D eigenvalue weighted by Gasteiger charge is 2.10. The Balaban J connectivity index is 2.03. The fourth-order valence-electron chi connectivity index (χ4n) is 1.52. The minimum absolute atomic E-state index is 0.0690. The molecule has 0 radical (unpaired) electrons. The molecule has 1 amide bonds. The van der Waals surface area contributed by atoms with Gasteiger partial charge in [0, 0.05) is 18.7 Å². The summed E-state index contributed by atoms with van der Waals surface area (Å²) in [6.45, 7) is 2.63. The molecule has 2 rings (SSSR count). The first-order chi connectivity index (χ1) is 8.56. The zero-order chi connectivity index (χ0) is 13.1. The van der Waals surface area contributed by atoms with Gasteiger partial charge in [-0.1, -0.05) is 15.9 Å². The van der Waals surface area contributed by atoms with Gasteiger partial charge in [0.15, 0.2) is 0 Å². The Hall–Kier alpha value is -0.650. The van der Waals surface area contributed by atoms with Crippen LogP contribution in [0.1, 0.15) is 20.1 Å². The first kappa shape index (κ1) is 13.8. The predicted molar refractivity (Wildman–Crippen MR) is 82.1 cm³/mol. The number of carbonyl (C=O) groups is 1. The average molecular weight is 389 g/mol.